The Labute approximate surface area is 88.4 Å². The third-order valence-electron chi connectivity index (χ3n) is 1.93. The molecule has 0 aliphatic carbocycles. The van der Waals surface area contributed by atoms with E-state index in [1.54, 1.807) is 31.4 Å². The molecule has 0 aliphatic heterocycles. The Morgan fingerprint density at radius 2 is 2.33 bits per heavy atom. The lowest BCUT2D eigenvalue weighted by atomic mass is 10.2. The molecule has 0 aliphatic rings. The minimum Gasteiger partial charge on any atom is -0.497 e. The Morgan fingerprint density at radius 1 is 1.60 bits per heavy atom. The lowest BCUT2D eigenvalue weighted by molar-refractivity contribution is -0.117. The van der Waals surface area contributed by atoms with Crippen LogP contribution in [0.2, 0.25) is 0 Å². The molecule has 0 bridgehead atoms. The number of methoxy groups -OCH3 is 1. The maximum absolute atomic E-state index is 11.4. The van der Waals surface area contributed by atoms with Crippen LogP contribution in [0.25, 0.3) is 0 Å². The molecule has 82 valence electrons. The number of amides is 1. The molecule has 1 aromatic carbocycles. The van der Waals surface area contributed by atoms with E-state index in [9.17, 15) is 4.79 Å². The maximum atomic E-state index is 11.4. The highest BCUT2D eigenvalue weighted by molar-refractivity contribution is 5.94. The van der Waals surface area contributed by atoms with Gasteiger partial charge >= 0.3 is 0 Å². The normalized spacial score (nSPS) is 11.9. The van der Waals surface area contributed by atoms with E-state index < -0.39 is 6.04 Å². The fraction of sp³-hybridized carbons (Fsp3) is 0.300. The quantitative estimate of drug-likeness (QED) is 0.647. The summed E-state index contributed by atoms with van der Waals surface area (Å²) in [4.78, 5) is 11.4. The minimum atomic E-state index is -0.684. The van der Waals surface area contributed by atoms with Gasteiger partial charge in [0, 0.05) is 18.3 Å². The monoisotopic (exact) mass is 209 g/mol. The first-order chi connectivity index (χ1) is 7.17. The average Bonchev–Trinajstić information content (AvgIpc) is 2.28. The Bertz CT molecular complexity index is 341. The molecule has 5 nitrogen and oxygen atoms in total. The molecule has 0 saturated heterocycles. The third kappa shape index (κ3) is 3.23. The number of anilines is 1. The summed E-state index contributed by atoms with van der Waals surface area (Å²) in [6.07, 6.45) is 0. The van der Waals surface area contributed by atoms with Gasteiger partial charge in [0.05, 0.1) is 13.2 Å². The molecule has 0 heterocycles. The minimum absolute atomic E-state index is 0.121. The number of ether oxygens (including phenoxy) is 1. The first kappa shape index (κ1) is 11.5. The van der Waals surface area contributed by atoms with E-state index in [4.69, 9.17) is 16.2 Å². The highest BCUT2D eigenvalue weighted by Gasteiger charge is 2.11. The predicted molar refractivity (Wildman–Crippen MR) is 58.7 cm³/mol. The topological polar surface area (TPSA) is 90.4 Å². The summed E-state index contributed by atoms with van der Waals surface area (Å²) in [5, 5.41) is 2.64. The summed E-state index contributed by atoms with van der Waals surface area (Å²) in [6, 6.07) is 6.35. The molecule has 0 unspecified atom stereocenters. The molecule has 5 N–H and O–H groups in total. The van der Waals surface area contributed by atoms with Gasteiger partial charge in [-0.25, -0.2) is 0 Å². The Balaban J connectivity index is 2.68. The summed E-state index contributed by atoms with van der Waals surface area (Å²) >= 11 is 0. The molecular formula is C10H15N3O2. The van der Waals surface area contributed by atoms with Gasteiger partial charge in [-0.2, -0.15) is 0 Å². The molecule has 0 spiro atoms. The highest BCUT2D eigenvalue weighted by Crippen LogP contribution is 2.16. The molecule has 15 heavy (non-hydrogen) atoms. The van der Waals surface area contributed by atoms with Gasteiger partial charge in [0.1, 0.15) is 5.75 Å². The zero-order valence-corrected chi connectivity index (χ0v) is 8.57. The first-order valence-corrected chi connectivity index (χ1v) is 4.58. The van der Waals surface area contributed by atoms with Crippen LogP contribution in [0.4, 0.5) is 5.69 Å². The van der Waals surface area contributed by atoms with Gasteiger partial charge in [0.25, 0.3) is 0 Å². The summed E-state index contributed by atoms with van der Waals surface area (Å²) in [7, 11) is 1.56. The van der Waals surface area contributed by atoms with Crippen molar-refractivity contribution in [1.82, 2.24) is 0 Å². The van der Waals surface area contributed by atoms with Crippen LogP contribution in [0.5, 0.6) is 5.75 Å². The smallest absolute Gasteiger partial charge is 0.242 e. The van der Waals surface area contributed by atoms with Crippen LogP contribution < -0.4 is 21.5 Å². The Hall–Kier alpha value is -1.59. The van der Waals surface area contributed by atoms with Crippen LogP contribution in [0, 0.1) is 0 Å². The van der Waals surface area contributed by atoms with Crippen molar-refractivity contribution < 1.29 is 9.53 Å². The molecule has 1 atom stereocenters. The lowest BCUT2D eigenvalue weighted by Gasteiger charge is -2.10. The van der Waals surface area contributed by atoms with Gasteiger partial charge in [0.2, 0.25) is 5.91 Å². The van der Waals surface area contributed by atoms with Crippen molar-refractivity contribution in [3.63, 3.8) is 0 Å². The van der Waals surface area contributed by atoms with Crippen LogP contribution in [-0.2, 0) is 4.79 Å². The van der Waals surface area contributed by atoms with E-state index in [1.807, 2.05) is 0 Å². The summed E-state index contributed by atoms with van der Waals surface area (Å²) in [5.41, 5.74) is 11.4. The molecule has 0 fully saturated rings. The molecule has 0 saturated carbocycles. The van der Waals surface area contributed by atoms with Crippen LogP contribution >= 0.6 is 0 Å². The molecule has 0 radical (unpaired) electrons. The Morgan fingerprint density at radius 3 is 2.93 bits per heavy atom. The van der Waals surface area contributed by atoms with Crippen LogP contribution in [0.1, 0.15) is 0 Å². The van der Waals surface area contributed by atoms with Gasteiger partial charge < -0.3 is 21.5 Å². The van der Waals surface area contributed by atoms with E-state index in [-0.39, 0.29) is 12.5 Å². The number of nitrogens with one attached hydrogen (secondary N) is 1. The number of nitrogens with two attached hydrogens (primary N) is 2. The number of hydrogen-bond acceptors (Lipinski definition) is 4. The van der Waals surface area contributed by atoms with E-state index >= 15 is 0 Å². The molecule has 1 amide bonds. The summed E-state index contributed by atoms with van der Waals surface area (Å²) < 4.78 is 5.02. The van der Waals surface area contributed by atoms with Gasteiger partial charge in [-0.1, -0.05) is 6.07 Å². The first-order valence-electron chi connectivity index (χ1n) is 4.58. The second kappa shape index (κ2) is 5.33. The van der Waals surface area contributed by atoms with Gasteiger partial charge in [-0.15, -0.1) is 0 Å². The van der Waals surface area contributed by atoms with Crippen molar-refractivity contribution in [2.24, 2.45) is 11.5 Å². The van der Waals surface area contributed by atoms with Gasteiger partial charge in [-0.3, -0.25) is 4.79 Å². The number of carbonyl (C=O) groups is 1. The van der Waals surface area contributed by atoms with Crippen molar-refractivity contribution >= 4 is 11.6 Å². The zero-order chi connectivity index (χ0) is 11.3. The Kier molecular flexibility index (Phi) is 4.08. The fourth-order valence-corrected chi connectivity index (χ4v) is 1.04. The van der Waals surface area contributed by atoms with Gasteiger partial charge in [-0.05, 0) is 12.1 Å². The van der Waals surface area contributed by atoms with E-state index in [0.717, 1.165) is 0 Å². The molecule has 0 aromatic heterocycles. The molecule has 5 heteroatoms. The SMILES string of the molecule is COc1cccc(NC(=O)[C@H](N)CN)c1. The van der Waals surface area contributed by atoms with E-state index in [0.29, 0.717) is 11.4 Å². The largest absolute Gasteiger partial charge is 0.497 e. The van der Waals surface area contributed by atoms with E-state index in [2.05, 4.69) is 5.32 Å². The fourth-order valence-electron chi connectivity index (χ4n) is 1.04. The second-order valence-corrected chi connectivity index (χ2v) is 3.06. The summed E-state index contributed by atoms with van der Waals surface area (Å²) in [5.74, 6) is 0.375. The van der Waals surface area contributed by atoms with Crippen molar-refractivity contribution in [1.29, 1.82) is 0 Å². The van der Waals surface area contributed by atoms with Crippen molar-refractivity contribution in [3.05, 3.63) is 24.3 Å². The number of rotatable bonds is 4. The number of carbonyl (C=O) groups excluding carboxylic acids is 1. The maximum Gasteiger partial charge on any atom is 0.242 e. The number of benzene rings is 1. The zero-order valence-electron chi connectivity index (χ0n) is 8.57. The molecular weight excluding hydrogens is 194 g/mol. The van der Waals surface area contributed by atoms with Crippen LogP contribution in [0.15, 0.2) is 24.3 Å². The standard InChI is InChI=1S/C10H15N3O2/c1-15-8-4-2-3-7(5-8)13-10(14)9(12)6-11/h2-5,9H,6,11-12H2,1H3,(H,13,14)/t9-/m1/s1. The van der Waals surface area contributed by atoms with Gasteiger partial charge in [0.15, 0.2) is 0 Å². The summed E-state index contributed by atoms with van der Waals surface area (Å²) in [6.45, 7) is 0.121. The van der Waals surface area contributed by atoms with Crippen molar-refractivity contribution in [3.8, 4) is 5.75 Å². The van der Waals surface area contributed by atoms with Crippen LogP contribution in [0.3, 0.4) is 0 Å². The van der Waals surface area contributed by atoms with Crippen LogP contribution in [-0.4, -0.2) is 25.6 Å². The van der Waals surface area contributed by atoms with Crippen molar-refractivity contribution in [2.75, 3.05) is 19.0 Å². The van der Waals surface area contributed by atoms with E-state index in [1.165, 1.54) is 0 Å². The average molecular weight is 209 g/mol. The molecule has 1 rings (SSSR count). The molecule has 1 aromatic rings. The third-order valence-corrected chi connectivity index (χ3v) is 1.93. The lowest BCUT2D eigenvalue weighted by Crippen LogP contribution is -2.41. The second-order valence-electron chi connectivity index (χ2n) is 3.06. The van der Waals surface area contributed by atoms with Crippen molar-refractivity contribution in [2.45, 2.75) is 6.04 Å². The predicted octanol–water partition coefficient (Wildman–Crippen LogP) is -0.0803. The highest BCUT2D eigenvalue weighted by atomic mass is 16.5. The number of hydrogen-bond donors (Lipinski definition) is 3.